The minimum Gasteiger partial charge on any atom is -0.353 e. The normalized spacial score (nSPS) is 15.2. The number of hydrogen-bond acceptors (Lipinski definition) is 7. The topological polar surface area (TPSA) is 92.9 Å². The lowest BCUT2D eigenvalue weighted by Gasteiger charge is -2.35. The average Bonchev–Trinajstić information content (AvgIpc) is 2.99. The van der Waals surface area contributed by atoms with Gasteiger partial charge in [-0.3, -0.25) is 4.79 Å². The number of rotatable bonds is 3. The SMILES string of the molecule is Cc1cc(N2CCN(C(=O)Cn3cnnn3)CC2)nc(C)n1. The lowest BCUT2D eigenvalue weighted by molar-refractivity contribution is -0.132. The molecule has 116 valence electrons. The van der Waals surface area contributed by atoms with Crippen molar-refractivity contribution in [1.82, 2.24) is 35.1 Å². The summed E-state index contributed by atoms with van der Waals surface area (Å²) in [6.45, 7) is 6.89. The molecular weight excluding hydrogens is 284 g/mol. The molecule has 1 aliphatic rings. The van der Waals surface area contributed by atoms with Crippen molar-refractivity contribution in [2.24, 2.45) is 0 Å². The molecule has 9 nitrogen and oxygen atoms in total. The van der Waals surface area contributed by atoms with Crippen molar-refractivity contribution in [3.63, 3.8) is 0 Å². The number of tetrazole rings is 1. The second kappa shape index (κ2) is 6.04. The lowest BCUT2D eigenvalue weighted by atomic mass is 10.3. The number of aryl methyl sites for hydroxylation is 2. The number of carbonyl (C=O) groups excluding carboxylic acids is 1. The number of piperazine rings is 1. The van der Waals surface area contributed by atoms with Crippen molar-refractivity contribution in [3.8, 4) is 0 Å². The van der Waals surface area contributed by atoms with Crippen LogP contribution in [-0.2, 0) is 11.3 Å². The van der Waals surface area contributed by atoms with Gasteiger partial charge in [-0.1, -0.05) is 0 Å². The van der Waals surface area contributed by atoms with Gasteiger partial charge in [0.2, 0.25) is 5.91 Å². The first-order valence-corrected chi connectivity index (χ1v) is 7.17. The van der Waals surface area contributed by atoms with Crippen LogP contribution in [0.2, 0.25) is 0 Å². The minimum absolute atomic E-state index is 0.0296. The molecule has 0 aromatic carbocycles. The number of amides is 1. The first-order chi connectivity index (χ1) is 10.6. The summed E-state index contributed by atoms with van der Waals surface area (Å²) in [5.74, 6) is 1.73. The molecule has 0 N–H and O–H groups in total. The summed E-state index contributed by atoms with van der Waals surface area (Å²) < 4.78 is 1.44. The highest BCUT2D eigenvalue weighted by molar-refractivity contribution is 5.76. The molecule has 2 aromatic heterocycles. The van der Waals surface area contributed by atoms with Gasteiger partial charge in [-0.2, -0.15) is 0 Å². The third-order valence-electron chi connectivity index (χ3n) is 3.60. The molecule has 1 amide bonds. The Bertz CT molecular complexity index is 628. The third-order valence-corrected chi connectivity index (χ3v) is 3.60. The molecule has 0 bridgehead atoms. The smallest absolute Gasteiger partial charge is 0.244 e. The predicted molar refractivity (Wildman–Crippen MR) is 78.1 cm³/mol. The van der Waals surface area contributed by atoms with Gasteiger partial charge in [0.05, 0.1) is 0 Å². The van der Waals surface area contributed by atoms with Gasteiger partial charge in [0.25, 0.3) is 0 Å². The zero-order chi connectivity index (χ0) is 15.5. The maximum absolute atomic E-state index is 12.2. The van der Waals surface area contributed by atoms with E-state index in [-0.39, 0.29) is 12.5 Å². The molecule has 1 fully saturated rings. The molecule has 0 spiro atoms. The van der Waals surface area contributed by atoms with Gasteiger partial charge in [0.15, 0.2) is 0 Å². The maximum Gasteiger partial charge on any atom is 0.244 e. The quantitative estimate of drug-likeness (QED) is 0.749. The van der Waals surface area contributed by atoms with Crippen molar-refractivity contribution in [2.45, 2.75) is 20.4 Å². The van der Waals surface area contributed by atoms with E-state index in [9.17, 15) is 4.79 Å². The Balaban J connectivity index is 1.59. The second-order valence-electron chi connectivity index (χ2n) is 5.29. The fourth-order valence-electron chi connectivity index (χ4n) is 2.54. The Morgan fingerprint density at radius 2 is 1.95 bits per heavy atom. The largest absolute Gasteiger partial charge is 0.353 e. The molecule has 3 rings (SSSR count). The van der Waals surface area contributed by atoms with E-state index in [1.54, 1.807) is 0 Å². The maximum atomic E-state index is 12.2. The van der Waals surface area contributed by atoms with E-state index >= 15 is 0 Å². The van der Waals surface area contributed by atoms with E-state index in [4.69, 9.17) is 0 Å². The van der Waals surface area contributed by atoms with Crippen molar-refractivity contribution in [2.75, 3.05) is 31.1 Å². The summed E-state index contributed by atoms with van der Waals surface area (Å²) in [6, 6.07) is 1.98. The highest BCUT2D eigenvalue weighted by Crippen LogP contribution is 2.15. The number of hydrogen-bond donors (Lipinski definition) is 0. The van der Waals surface area contributed by atoms with E-state index in [0.717, 1.165) is 30.4 Å². The molecular formula is C13H18N8O. The molecule has 2 aromatic rings. The van der Waals surface area contributed by atoms with Crippen LogP contribution < -0.4 is 4.90 Å². The standard InChI is InChI=1S/C13H18N8O/c1-10-7-12(16-11(2)15-10)19-3-5-20(6-4-19)13(22)8-21-9-14-17-18-21/h7,9H,3-6,8H2,1-2H3. The van der Waals surface area contributed by atoms with Crippen LogP contribution in [0.5, 0.6) is 0 Å². The van der Waals surface area contributed by atoms with Gasteiger partial charge in [0, 0.05) is 37.9 Å². The van der Waals surface area contributed by atoms with Gasteiger partial charge < -0.3 is 9.80 Å². The highest BCUT2D eigenvalue weighted by Gasteiger charge is 2.22. The fourth-order valence-corrected chi connectivity index (χ4v) is 2.54. The Morgan fingerprint density at radius 3 is 2.59 bits per heavy atom. The van der Waals surface area contributed by atoms with Crippen LogP contribution in [0.3, 0.4) is 0 Å². The van der Waals surface area contributed by atoms with Gasteiger partial charge >= 0.3 is 0 Å². The fraction of sp³-hybridized carbons (Fsp3) is 0.538. The summed E-state index contributed by atoms with van der Waals surface area (Å²) in [6.07, 6.45) is 1.45. The molecule has 1 saturated heterocycles. The minimum atomic E-state index is 0.0296. The average molecular weight is 302 g/mol. The number of anilines is 1. The van der Waals surface area contributed by atoms with E-state index in [1.165, 1.54) is 11.0 Å². The van der Waals surface area contributed by atoms with Gasteiger partial charge in [0.1, 0.15) is 24.5 Å². The summed E-state index contributed by atoms with van der Waals surface area (Å²) in [4.78, 5) is 25.0. The Labute approximate surface area is 128 Å². The van der Waals surface area contributed by atoms with E-state index < -0.39 is 0 Å². The van der Waals surface area contributed by atoms with Crippen molar-refractivity contribution in [1.29, 1.82) is 0 Å². The second-order valence-corrected chi connectivity index (χ2v) is 5.29. The molecule has 0 aliphatic carbocycles. The first-order valence-electron chi connectivity index (χ1n) is 7.17. The molecule has 0 unspecified atom stereocenters. The highest BCUT2D eigenvalue weighted by atomic mass is 16.2. The van der Waals surface area contributed by atoms with Crippen LogP contribution in [0.1, 0.15) is 11.5 Å². The third kappa shape index (κ3) is 3.18. The van der Waals surface area contributed by atoms with Crippen molar-refractivity contribution >= 4 is 11.7 Å². The van der Waals surface area contributed by atoms with Gasteiger partial charge in [-0.15, -0.1) is 5.10 Å². The molecule has 0 atom stereocenters. The summed E-state index contributed by atoms with van der Waals surface area (Å²) in [5.41, 5.74) is 0.958. The Kier molecular flexibility index (Phi) is 3.94. The number of nitrogens with zero attached hydrogens (tertiary/aromatic N) is 8. The Hall–Kier alpha value is -2.58. The van der Waals surface area contributed by atoms with Crippen LogP contribution in [0.4, 0.5) is 5.82 Å². The predicted octanol–water partition coefficient (Wildman–Crippen LogP) is -0.571. The van der Waals surface area contributed by atoms with Crippen LogP contribution in [0.15, 0.2) is 12.4 Å². The van der Waals surface area contributed by atoms with E-state index in [0.29, 0.717) is 13.1 Å². The van der Waals surface area contributed by atoms with Crippen molar-refractivity contribution < 1.29 is 4.79 Å². The van der Waals surface area contributed by atoms with Gasteiger partial charge in [-0.05, 0) is 24.3 Å². The van der Waals surface area contributed by atoms with Crippen LogP contribution in [0.25, 0.3) is 0 Å². The van der Waals surface area contributed by atoms with E-state index in [1.807, 2.05) is 24.8 Å². The summed E-state index contributed by atoms with van der Waals surface area (Å²) in [7, 11) is 0. The molecule has 1 aliphatic heterocycles. The molecule has 0 radical (unpaired) electrons. The van der Waals surface area contributed by atoms with E-state index in [2.05, 4.69) is 30.4 Å². The number of carbonyl (C=O) groups is 1. The summed E-state index contributed by atoms with van der Waals surface area (Å²) >= 11 is 0. The number of aromatic nitrogens is 6. The lowest BCUT2D eigenvalue weighted by Crippen LogP contribution is -2.50. The summed E-state index contributed by atoms with van der Waals surface area (Å²) in [5, 5.41) is 10.8. The first kappa shape index (κ1) is 14.4. The van der Waals surface area contributed by atoms with Gasteiger partial charge in [-0.25, -0.2) is 14.6 Å². The monoisotopic (exact) mass is 302 g/mol. The molecule has 3 heterocycles. The van der Waals surface area contributed by atoms with Crippen LogP contribution >= 0.6 is 0 Å². The van der Waals surface area contributed by atoms with Crippen LogP contribution in [-0.4, -0.2) is 67.2 Å². The zero-order valence-corrected chi connectivity index (χ0v) is 12.7. The van der Waals surface area contributed by atoms with Crippen molar-refractivity contribution in [3.05, 3.63) is 23.9 Å². The van der Waals surface area contributed by atoms with Crippen LogP contribution in [0, 0.1) is 13.8 Å². The molecule has 9 heteroatoms. The zero-order valence-electron chi connectivity index (χ0n) is 12.7. The molecule has 0 saturated carbocycles. The molecule has 22 heavy (non-hydrogen) atoms. The Morgan fingerprint density at radius 1 is 1.18 bits per heavy atom.